The first-order chi connectivity index (χ1) is 6.98. The van der Waals surface area contributed by atoms with Crippen molar-refractivity contribution < 1.29 is 28.2 Å². The predicted molar refractivity (Wildman–Crippen MR) is 44.0 cm³/mol. The van der Waals surface area contributed by atoms with Gasteiger partial charge in [0, 0.05) is 5.56 Å². The van der Waals surface area contributed by atoms with Crippen LogP contribution in [0.25, 0.3) is 0 Å². The quantitative estimate of drug-likeness (QED) is 0.816. The molecular formula is C9H6F2O4. The minimum absolute atomic E-state index is 0.140. The zero-order valence-electron chi connectivity index (χ0n) is 7.37. The van der Waals surface area contributed by atoms with Crippen LogP contribution in [0.1, 0.15) is 5.56 Å². The first kappa shape index (κ1) is 9.70. The van der Waals surface area contributed by atoms with Gasteiger partial charge in [-0.05, 0) is 6.07 Å². The van der Waals surface area contributed by atoms with Crippen LogP contribution in [0.2, 0.25) is 0 Å². The Hall–Kier alpha value is -1.85. The molecular weight excluding hydrogens is 210 g/mol. The molecule has 6 heteroatoms. The summed E-state index contributed by atoms with van der Waals surface area (Å²) >= 11 is 0. The van der Waals surface area contributed by atoms with Crippen molar-refractivity contribution in [1.82, 2.24) is 0 Å². The molecule has 0 amide bonds. The molecule has 0 atom stereocenters. The second-order valence-electron chi connectivity index (χ2n) is 2.98. The minimum atomic E-state index is -3.71. The van der Waals surface area contributed by atoms with Crippen LogP contribution in [0.5, 0.6) is 11.5 Å². The van der Waals surface area contributed by atoms with Crippen LogP contribution < -0.4 is 9.47 Å². The van der Waals surface area contributed by atoms with E-state index in [4.69, 9.17) is 5.11 Å². The van der Waals surface area contributed by atoms with Crippen molar-refractivity contribution in [1.29, 1.82) is 0 Å². The molecule has 0 unspecified atom stereocenters. The summed E-state index contributed by atoms with van der Waals surface area (Å²) in [6.45, 7) is 0. The molecule has 1 N–H and O–H groups in total. The number of ether oxygens (including phenoxy) is 2. The lowest BCUT2D eigenvalue weighted by Crippen LogP contribution is -2.26. The molecule has 15 heavy (non-hydrogen) atoms. The van der Waals surface area contributed by atoms with Gasteiger partial charge in [0.05, 0.1) is 6.42 Å². The lowest BCUT2D eigenvalue weighted by Gasteiger charge is -2.05. The van der Waals surface area contributed by atoms with Gasteiger partial charge in [0.1, 0.15) is 0 Å². The van der Waals surface area contributed by atoms with Crippen LogP contribution in [0, 0.1) is 0 Å². The number of para-hydroxylation sites is 1. The summed E-state index contributed by atoms with van der Waals surface area (Å²) in [5.74, 6) is -1.47. The Morgan fingerprint density at radius 1 is 1.40 bits per heavy atom. The monoisotopic (exact) mass is 216 g/mol. The van der Waals surface area contributed by atoms with Gasteiger partial charge in [0.2, 0.25) is 0 Å². The van der Waals surface area contributed by atoms with E-state index in [1.165, 1.54) is 18.2 Å². The van der Waals surface area contributed by atoms with E-state index in [-0.39, 0.29) is 23.5 Å². The van der Waals surface area contributed by atoms with Gasteiger partial charge in [-0.2, -0.15) is 0 Å². The summed E-state index contributed by atoms with van der Waals surface area (Å²) in [6.07, 6.45) is -4.10. The van der Waals surface area contributed by atoms with Gasteiger partial charge in [-0.25, -0.2) is 0 Å². The molecule has 1 aromatic carbocycles. The number of hydrogen-bond donors (Lipinski definition) is 1. The summed E-state index contributed by atoms with van der Waals surface area (Å²) in [7, 11) is 0. The normalized spacial score (nSPS) is 16.4. The smallest absolute Gasteiger partial charge is 0.481 e. The van der Waals surface area contributed by atoms with E-state index >= 15 is 0 Å². The second-order valence-corrected chi connectivity index (χ2v) is 2.98. The van der Waals surface area contributed by atoms with Crippen LogP contribution in [0.15, 0.2) is 18.2 Å². The lowest BCUT2D eigenvalue weighted by atomic mass is 10.1. The van der Waals surface area contributed by atoms with Crippen molar-refractivity contribution in [2.75, 3.05) is 0 Å². The molecule has 0 spiro atoms. The van der Waals surface area contributed by atoms with E-state index in [9.17, 15) is 13.6 Å². The van der Waals surface area contributed by atoms with Gasteiger partial charge in [-0.3, -0.25) is 4.79 Å². The lowest BCUT2D eigenvalue weighted by molar-refractivity contribution is -0.287. The van der Waals surface area contributed by atoms with Gasteiger partial charge >= 0.3 is 12.3 Å². The minimum Gasteiger partial charge on any atom is -0.481 e. The maximum atomic E-state index is 12.7. The molecule has 0 radical (unpaired) electrons. The molecule has 1 aliphatic heterocycles. The van der Waals surface area contributed by atoms with Crippen molar-refractivity contribution in [3.05, 3.63) is 23.8 Å². The Bertz CT molecular complexity index is 417. The Kier molecular flexibility index (Phi) is 1.99. The maximum absolute atomic E-state index is 12.7. The molecule has 4 nitrogen and oxygen atoms in total. The topological polar surface area (TPSA) is 55.8 Å². The number of alkyl halides is 2. The Labute approximate surface area is 83.0 Å². The van der Waals surface area contributed by atoms with Gasteiger partial charge in [-0.1, -0.05) is 12.1 Å². The molecule has 1 heterocycles. The molecule has 80 valence electrons. The summed E-state index contributed by atoms with van der Waals surface area (Å²) < 4.78 is 33.7. The highest BCUT2D eigenvalue weighted by molar-refractivity contribution is 5.72. The summed E-state index contributed by atoms with van der Waals surface area (Å²) in [6, 6.07) is 4.13. The number of carboxylic acids is 1. The van der Waals surface area contributed by atoms with E-state index < -0.39 is 12.3 Å². The highest BCUT2D eigenvalue weighted by atomic mass is 19.3. The molecule has 0 bridgehead atoms. The number of carbonyl (C=O) groups is 1. The number of benzene rings is 1. The highest BCUT2D eigenvalue weighted by Gasteiger charge is 2.44. The second kappa shape index (κ2) is 3.08. The third-order valence-electron chi connectivity index (χ3n) is 1.85. The fourth-order valence-corrected chi connectivity index (χ4v) is 1.33. The van der Waals surface area contributed by atoms with E-state index in [1.807, 2.05) is 0 Å². The Morgan fingerprint density at radius 3 is 2.80 bits per heavy atom. The van der Waals surface area contributed by atoms with Crippen molar-refractivity contribution >= 4 is 5.97 Å². The third kappa shape index (κ3) is 1.83. The van der Waals surface area contributed by atoms with Crippen molar-refractivity contribution in [3.63, 3.8) is 0 Å². The van der Waals surface area contributed by atoms with Crippen LogP contribution in [-0.2, 0) is 11.2 Å². The fourth-order valence-electron chi connectivity index (χ4n) is 1.33. The zero-order valence-corrected chi connectivity index (χ0v) is 7.37. The Morgan fingerprint density at radius 2 is 2.13 bits per heavy atom. The van der Waals surface area contributed by atoms with E-state index in [0.717, 1.165) is 0 Å². The largest absolute Gasteiger partial charge is 0.586 e. The Balaban J connectivity index is 2.37. The van der Waals surface area contributed by atoms with Crippen molar-refractivity contribution in [2.24, 2.45) is 0 Å². The molecule has 1 aromatic rings. The van der Waals surface area contributed by atoms with E-state index in [2.05, 4.69) is 9.47 Å². The van der Waals surface area contributed by atoms with Crippen LogP contribution in [0.3, 0.4) is 0 Å². The van der Waals surface area contributed by atoms with E-state index in [1.54, 1.807) is 0 Å². The zero-order chi connectivity index (χ0) is 11.1. The van der Waals surface area contributed by atoms with Gasteiger partial charge in [0.25, 0.3) is 0 Å². The predicted octanol–water partition coefficient (Wildman–Crippen LogP) is 1.64. The fraction of sp³-hybridized carbons (Fsp3) is 0.222. The highest BCUT2D eigenvalue weighted by Crippen LogP contribution is 2.43. The number of carboxylic acid groups (broad SMARTS) is 1. The van der Waals surface area contributed by atoms with Gasteiger partial charge < -0.3 is 14.6 Å². The van der Waals surface area contributed by atoms with Crippen LogP contribution >= 0.6 is 0 Å². The first-order valence-electron chi connectivity index (χ1n) is 4.07. The summed E-state index contributed by atoms with van der Waals surface area (Å²) in [5, 5.41) is 8.54. The molecule has 0 saturated carbocycles. The number of aliphatic carboxylic acids is 1. The van der Waals surface area contributed by atoms with Crippen LogP contribution in [0.4, 0.5) is 8.78 Å². The van der Waals surface area contributed by atoms with Crippen molar-refractivity contribution in [3.8, 4) is 11.5 Å². The number of rotatable bonds is 2. The average Bonchev–Trinajstić information content (AvgIpc) is 2.39. The molecule has 0 fully saturated rings. The van der Waals surface area contributed by atoms with Crippen LogP contribution in [-0.4, -0.2) is 17.4 Å². The van der Waals surface area contributed by atoms with Gasteiger partial charge in [-0.15, -0.1) is 8.78 Å². The maximum Gasteiger partial charge on any atom is 0.586 e. The summed E-state index contributed by atoms with van der Waals surface area (Å²) in [5.41, 5.74) is 0.164. The molecule has 2 rings (SSSR count). The first-order valence-corrected chi connectivity index (χ1v) is 4.07. The standard InChI is InChI=1S/C9H6F2O4/c10-9(11)14-6-3-1-2-5(4-7(12)13)8(6)15-9/h1-3H,4H2,(H,12,13). The SMILES string of the molecule is O=C(O)Cc1cccc2c1OC(F)(F)O2. The van der Waals surface area contributed by atoms with Gasteiger partial charge in [0.15, 0.2) is 11.5 Å². The molecule has 0 aromatic heterocycles. The number of halogens is 2. The third-order valence-corrected chi connectivity index (χ3v) is 1.85. The average molecular weight is 216 g/mol. The van der Waals surface area contributed by atoms with E-state index in [0.29, 0.717) is 0 Å². The molecule has 0 aliphatic carbocycles. The molecule has 1 aliphatic rings. The summed E-state index contributed by atoms with van der Waals surface area (Å²) in [4.78, 5) is 10.4. The number of fused-ring (bicyclic) bond motifs is 1. The van der Waals surface area contributed by atoms with Crippen molar-refractivity contribution in [2.45, 2.75) is 12.7 Å². The molecule has 0 saturated heterocycles. The number of hydrogen-bond acceptors (Lipinski definition) is 3.